The van der Waals surface area contributed by atoms with Crippen molar-refractivity contribution in [1.82, 2.24) is 15.2 Å². The fourth-order valence-corrected chi connectivity index (χ4v) is 2.47. The van der Waals surface area contributed by atoms with Gasteiger partial charge >= 0.3 is 6.03 Å². The molecule has 0 saturated heterocycles. The van der Waals surface area contributed by atoms with Crippen molar-refractivity contribution in [2.24, 2.45) is 0 Å². The molecule has 0 radical (unpaired) electrons. The monoisotopic (exact) mass is 297 g/mol. The molecular formula is C18H23N3O. The quantitative estimate of drug-likeness (QED) is 0.889. The van der Waals surface area contributed by atoms with E-state index >= 15 is 0 Å². The van der Waals surface area contributed by atoms with Crippen LogP contribution in [0.4, 0.5) is 4.79 Å². The number of pyridine rings is 1. The van der Waals surface area contributed by atoms with Gasteiger partial charge in [-0.15, -0.1) is 0 Å². The second-order valence-electron chi connectivity index (χ2n) is 5.08. The molecule has 1 aromatic heterocycles. The van der Waals surface area contributed by atoms with E-state index in [4.69, 9.17) is 0 Å². The second kappa shape index (κ2) is 8.17. The third-order valence-corrected chi connectivity index (χ3v) is 3.75. The zero-order chi connectivity index (χ0) is 15.8. The Bertz CT molecular complexity index is 528. The topological polar surface area (TPSA) is 45.2 Å². The molecule has 2 amide bonds. The molecule has 2 aromatic rings. The van der Waals surface area contributed by atoms with Gasteiger partial charge in [0, 0.05) is 37.4 Å². The van der Waals surface area contributed by atoms with Crippen molar-refractivity contribution in [2.45, 2.75) is 19.8 Å². The van der Waals surface area contributed by atoms with Crippen molar-refractivity contribution < 1.29 is 4.79 Å². The highest BCUT2D eigenvalue weighted by molar-refractivity contribution is 5.74. The minimum atomic E-state index is -0.0261. The number of carbonyl (C=O) groups is 1. The summed E-state index contributed by atoms with van der Waals surface area (Å²) >= 11 is 0. The maximum Gasteiger partial charge on any atom is 0.317 e. The minimum Gasteiger partial charge on any atom is -0.337 e. The van der Waals surface area contributed by atoms with Crippen LogP contribution < -0.4 is 5.32 Å². The molecule has 0 aliphatic heterocycles. The highest BCUT2D eigenvalue weighted by Crippen LogP contribution is 2.21. The predicted octanol–water partition coefficient (Wildman–Crippen LogP) is 3.26. The average Bonchev–Trinajstić information content (AvgIpc) is 2.58. The number of hydrogen-bond acceptors (Lipinski definition) is 2. The predicted molar refractivity (Wildman–Crippen MR) is 88.8 cm³/mol. The summed E-state index contributed by atoms with van der Waals surface area (Å²) in [4.78, 5) is 18.4. The maximum atomic E-state index is 12.2. The molecule has 1 aromatic carbocycles. The first-order chi connectivity index (χ1) is 10.8. The third kappa shape index (κ3) is 4.07. The van der Waals surface area contributed by atoms with E-state index in [2.05, 4.69) is 22.4 Å². The van der Waals surface area contributed by atoms with E-state index in [-0.39, 0.29) is 11.9 Å². The summed E-state index contributed by atoms with van der Waals surface area (Å²) in [5.74, 6) is 0.0573. The minimum absolute atomic E-state index is 0.0261. The van der Waals surface area contributed by atoms with Crippen LogP contribution in [-0.4, -0.2) is 35.5 Å². The molecule has 22 heavy (non-hydrogen) atoms. The molecule has 4 nitrogen and oxygen atoms in total. The van der Waals surface area contributed by atoms with Crippen LogP contribution in [0.5, 0.6) is 0 Å². The van der Waals surface area contributed by atoms with Crippen LogP contribution >= 0.6 is 0 Å². The summed E-state index contributed by atoms with van der Waals surface area (Å²) < 4.78 is 0. The number of hydrogen-bond donors (Lipinski definition) is 1. The number of benzene rings is 1. The Morgan fingerprint density at radius 1 is 1.09 bits per heavy atom. The number of amides is 2. The van der Waals surface area contributed by atoms with Gasteiger partial charge in [0.1, 0.15) is 0 Å². The summed E-state index contributed by atoms with van der Waals surface area (Å²) in [6, 6.07) is 16.0. The van der Waals surface area contributed by atoms with E-state index in [0.717, 1.165) is 11.3 Å². The molecule has 116 valence electrons. The molecule has 4 heteroatoms. The maximum absolute atomic E-state index is 12.2. The molecule has 1 atom stereocenters. The van der Waals surface area contributed by atoms with E-state index in [0.29, 0.717) is 19.6 Å². The number of rotatable bonds is 6. The van der Waals surface area contributed by atoms with Crippen molar-refractivity contribution in [3.05, 3.63) is 66.0 Å². The van der Waals surface area contributed by atoms with Gasteiger partial charge in [-0.05, 0) is 31.5 Å². The fraction of sp³-hybridized carbons (Fsp3) is 0.333. The molecular weight excluding hydrogens is 274 g/mol. The summed E-state index contributed by atoms with van der Waals surface area (Å²) in [5, 5.41) is 3.03. The number of nitrogens with one attached hydrogen (secondary N) is 1. The summed E-state index contributed by atoms with van der Waals surface area (Å²) in [6.07, 6.45) is 1.79. The molecule has 0 aliphatic carbocycles. The Kier molecular flexibility index (Phi) is 5.95. The third-order valence-electron chi connectivity index (χ3n) is 3.75. The van der Waals surface area contributed by atoms with Gasteiger partial charge in [0.15, 0.2) is 0 Å². The molecule has 0 spiro atoms. The van der Waals surface area contributed by atoms with E-state index in [1.54, 1.807) is 11.1 Å². The van der Waals surface area contributed by atoms with Gasteiger partial charge in [-0.3, -0.25) is 4.98 Å². The SMILES string of the molecule is CCN(CC)C(=O)NCC(c1ccccc1)c1ccccn1. The smallest absolute Gasteiger partial charge is 0.317 e. The number of carbonyl (C=O) groups excluding carboxylic acids is 1. The first kappa shape index (κ1) is 16.0. The molecule has 1 N–H and O–H groups in total. The largest absolute Gasteiger partial charge is 0.337 e. The molecule has 1 unspecified atom stereocenters. The van der Waals surface area contributed by atoms with Gasteiger partial charge in [0.2, 0.25) is 0 Å². The van der Waals surface area contributed by atoms with Crippen LogP contribution in [0.2, 0.25) is 0 Å². The highest BCUT2D eigenvalue weighted by Gasteiger charge is 2.17. The van der Waals surface area contributed by atoms with Crippen LogP contribution in [0.3, 0.4) is 0 Å². The molecule has 0 aliphatic rings. The zero-order valence-corrected chi connectivity index (χ0v) is 13.2. The Balaban J connectivity index is 2.15. The van der Waals surface area contributed by atoms with Gasteiger partial charge in [-0.1, -0.05) is 36.4 Å². The number of urea groups is 1. The van der Waals surface area contributed by atoms with Crippen molar-refractivity contribution in [3.8, 4) is 0 Å². The van der Waals surface area contributed by atoms with Crippen molar-refractivity contribution in [3.63, 3.8) is 0 Å². The highest BCUT2D eigenvalue weighted by atomic mass is 16.2. The second-order valence-corrected chi connectivity index (χ2v) is 5.08. The fourth-order valence-electron chi connectivity index (χ4n) is 2.47. The van der Waals surface area contributed by atoms with E-state index in [1.807, 2.05) is 50.2 Å². The van der Waals surface area contributed by atoms with E-state index in [9.17, 15) is 4.79 Å². The van der Waals surface area contributed by atoms with Crippen molar-refractivity contribution in [1.29, 1.82) is 0 Å². The lowest BCUT2D eigenvalue weighted by atomic mass is 9.95. The van der Waals surface area contributed by atoms with E-state index in [1.165, 1.54) is 0 Å². The Morgan fingerprint density at radius 2 is 1.77 bits per heavy atom. The van der Waals surface area contributed by atoms with Crippen molar-refractivity contribution >= 4 is 6.03 Å². The van der Waals surface area contributed by atoms with Gasteiger partial charge in [0.05, 0.1) is 0 Å². The van der Waals surface area contributed by atoms with Crippen molar-refractivity contribution in [2.75, 3.05) is 19.6 Å². The molecule has 1 heterocycles. The lowest BCUT2D eigenvalue weighted by Crippen LogP contribution is -2.41. The molecule has 0 saturated carbocycles. The van der Waals surface area contributed by atoms with E-state index < -0.39 is 0 Å². The van der Waals surface area contributed by atoms with Crippen LogP contribution in [0.1, 0.15) is 31.0 Å². The number of aromatic nitrogens is 1. The van der Waals surface area contributed by atoms with Gasteiger partial charge < -0.3 is 10.2 Å². The Hall–Kier alpha value is -2.36. The Labute approximate surface area is 132 Å². The average molecular weight is 297 g/mol. The first-order valence-corrected chi connectivity index (χ1v) is 7.74. The van der Waals surface area contributed by atoms with Crippen LogP contribution in [-0.2, 0) is 0 Å². The Morgan fingerprint density at radius 3 is 2.36 bits per heavy atom. The van der Waals surface area contributed by atoms with Gasteiger partial charge in [-0.2, -0.15) is 0 Å². The molecule has 2 rings (SSSR count). The normalized spacial score (nSPS) is 11.7. The van der Waals surface area contributed by atoms with Crippen LogP contribution in [0.25, 0.3) is 0 Å². The number of nitrogens with zero attached hydrogens (tertiary/aromatic N) is 2. The van der Waals surface area contributed by atoms with Crippen LogP contribution in [0, 0.1) is 0 Å². The zero-order valence-electron chi connectivity index (χ0n) is 13.2. The summed E-state index contributed by atoms with van der Waals surface area (Å²) in [5.41, 5.74) is 2.12. The lowest BCUT2D eigenvalue weighted by Gasteiger charge is -2.22. The lowest BCUT2D eigenvalue weighted by molar-refractivity contribution is 0.203. The van der Waals surface area contributed by atoms with Gasteiger partial charge in [-0.25, -0.2) is 4.79 Å². The summed E-state index contributed by atoms with van der Waals surface area (Å²) in [7, 11) is 0. The van der Waals surface area contributed by atoms with Gasteiger partial charge in [0.25, 0.3) is 0 Å². The summed E-state index contributed by atoms with van der Waals surface area (Å²) in [6.45, 7) is 5.92. The standard InChI is InChI=1S/C18H23N3O/c1-3-21(4-2)18(22)20-14-16(15-10-6-5-7-11-15)17-12-8-9-13-19-17/h5-13,16H,3-4,14H2,1-2H3,(H,20,22). The van der Waals surface area contributed by atoms with Crippen LogP contribution in [0.15, 0.2) is 54.7 Å². The first-order valence-electron chi connectivity index (χ1n) is 7.74. The molecule has 0 bridgehead atoms. The molecule has 0 fully saturated rings.